The highest BCUT2D eigenvalue weighted by Crippen LogP contribution is 2.29. The molecule has 116 valence electrons. The molecule has 1 aromatic carbocycles. The second-order valence-corrected chi connectivity index (χ2v) is 5.84. The Labute approximate surface area is 143 Å². The third-order valence-corrected chi connectivity index (χ3v) is 3.59. The summed E-state index contributed by atoms with van der Waals surface area (Å²) in [5.41, 5.74) is 0.773. The van der Waals surface area contributed by atoms with Crippen molar-refractivity contribution in [1.29, 1.82) is 0 Å². The molecule has 23 heavy (non-hydrogen) atoms. The lowest BCUT2D eigenvalue weighted by Crippen LogP contribution is -1.90. The van der Waals surface area contributed by atoms with Crippen molar-refractivity contribution in [3.05, 3.63) is 75.9 Å². The molecule has 0 aliphatic rings. The molecule has 2 aromatic heterocycles. The number of aryl methyl sites for hydroxylation is 1. The van der Waals surface area contributed by atoms with E-state index in [1.165, 1.54) is 6.08 Å². The summed E-state index contributed by atoms with van der Waals surface area (Å²) in [4.78, 5) is 11.9. The first-order valence-electron chi connectivity index (χ1n) is 6.86. The Kier molecular flexibility index (Phi) is 4.42. The van der Waals surface area contributed by atoms with E-state index in [4.69, 9.17) is 32.0 Å². The minimum atomic E-state index is -0.221. The summed E-state index contributed by atoms with van der Waals surface area (Å²) in [5, 5.41) is 1.06. The Hall–Kier alpha value is -2.23. The fourth-order valence-electron chi connectivity index (χ4n) is 2.10. The second kappa shape index (κ2) is 6.49. The third kappa shape index (κ3) is 3.76. The van der Waals surface area contributed by atoms with Gasteiger partial charge in [-0.1, -0.05) is 23.2 Å². The SMILES string of the molecule is Cc1ccc(C(=O)C=Cc2ccc(-c3cc(Cl)cc(Cl)c3)o2)o1. The number of carbonyl (C=O) groups excluding carboxylic acids is 1. The van der Waals surface area contributed by atoms with E-state index in [1.54, 1.807) is 55.5 Å². The molecule has 5 heteroatoms. The van der Waals surface area contributed by atoms with Crippen LogP contribution in [-0.2, 0) is 0 Å². The van der Waals surface area contributed by atoms with Gasteiger partial charge in [-0.05, 0) is 61.5 Å². The maximum Gasteiger partial charge on any atom is 0.221 e. The molecule has 2 heterocycles. The quantitative estimate of drug-likeness (QED) is 0.426. The predicted molar refractivity (Wildman–Crippen MR) is 91.0 cm³/mol. The topological polar surface area (TPSA) is 43.4 Å². The van der Waals surface area contributed by atoms with Gasteiger partial charge < -0.3 is 8.83 Å². The van der Waals surface area contributed by atoms with E-state index in [2.05, 4.69) is 0 Å². The average Bonchev–Trinajstić information content (AvgIpc) is 3.12. The summed E-state index contributed by atoms with van der Waals surface area (Å²) in [5.74, 6) is 1.94. The lowest BCUT2D eigenvalue weighted by molar-refractivity contribution is 0.102. The van der Waals surface area contributed by atoms with Crippen molar-refractivity contribution in [2.24, 2.45) is 0 Å². The van der Waals surface area contributed by atoms with Crippen LogP contribution in [0.25, 0.3) is 17.4 Å². The van der Waals surface area contributed by atoms with Gasteiger partial charge in [0.15, 0.2) is 5.76 Å². The Bertz CT molecular complexity index is 867. The highest BCUT2D eigenvalue weighted by Gasteiger charge is 2.08. The molecule has 0 unspecified atom stereocenters. The number of furan rings is 2. The van der Waals surface area contributed by atoms with E-state index in [0.29, 0.717) is 33.1 Å². The highest BCUT2D eigenvalue weighted by atomic mass is 35.5. The molecule has 0 aliphatic heterocycles. The standard InChI is InChI=1S/C18H12Cl2O3/c1-11-2-6-18(22-11)16(21)5-3-15-4-7-17(23-15)12-8-13(19)10-14(20)9-12/h2-10H,1H3. The van der Waals surface area contributed by atoms with Crippen LogP contribution < -0.4 is 0 Å². The van der Waals surface area contributed by atoms with Crippen molar-refractivity contribution in [3.8, 4) is 11.3 Å². The van der Waals surface area contributed by atoms with Gasteiger partial charge in [0.1, 0.15) is 17.3 Å². The molecule has 3 rings (SSSR count). The number of halogens is 2. The number of carbonyl (C=O) groups is 1. The maximum absolute atomic E-state index is 11.9. The largest absolute Gasteiger partial charge is 0.458 e. The zero-order chi connectivity index (χ0) is 16.4. The van der Waals surface area contributed by atoms with E-state index in [-0.39, 0.29) is 5.78 Å². The zero-order valence-corrected chi connectivity index (χ0v) is 13.7. The number of allylic oxidation sites excluding steroid dienone is 1. The number of benzene rings is 1. The maximum atomic E-state index is 11.9. The van der Waals surface area contributed by atoms with E-state index in [0.717, 1.165) is 5.56 Å². The van der Waals surface area contributed by atoms with Crippen LogP contribution in [0.15, 0.2) is 57.4 Å². The normalized spacial score (nSPS) is 11.3. The van der Waals surface area contributed by atoms with Crippen LogP contribution in [0.3, 0.4) is 0 Å². The molecule has 0 amide bonds. The number of hydrogen-bond acceptors (Lipinski definition) is 3. The Morgan fingerprint density at radius 2 is 1.74 bits per heavy atom. The fraction of sp³-hybridized carbons (Fsp3) is 0.0556. The van der Waals surface area contributed by atoms with Gasteiger partial charge in [0, 0.05) is 15.6 Å². The van der Waals surface area contributed by atoms with E-state index in [9.17, 15) is 4.79 Å². The van der Waals surface area contributed by atoms with Crippen molar-refractivity contribution in [2.75, 3.05) is 0 Å². The Morgan fingerprint density at radius 1 is 1.00 bits per heavy atom. The zero-order valence-electron chi connectivity index (χ0n) is 12.2. The predicted octanol–water partition coefficient (Wildman–Crippen LogP) is 6.05. The highest BCUT2D eigenvalue weighted by molar-refractivity contribution is 6.35. The number of ketones is 1. The van der Waals surface area contributed by atoms with Crippen LogP contribution in [-0.4, -0.2) is 5.78 Å². The van der Waals surface area contributed by atoms with Crippen molar-refractivity contribution < 1.29 is 13.6 Å². The molecule has 0 aliphatic carbocycles. The molecule has 0 bridgehead atoms. The summed E-state index contributed by atoms with van der Waals surface area (Å²) < 4.78 is 11.0. The van der Waals surface area contributed by atoms with Gasteiger partial charge in [-0.25, -0.2) is 0 Å². The third-order valence-electron chi connectivity index (χ3n) is 3.16. The van der Waals surface area contributed by atoms with E-state index in [1.807, 2.05) is 0 Å². The molecule has 0 fully saturated rings. The molecular weight excluding hydrogens is 335 g/mol. The first-order chi connectivity index (χ1) is 11.0. The van der Waals surface area contributed by atoms with Crippen molar-refractivity contribution in [3.63, 3.8) is 0 Å². The molecule has 3 aromatic rings. The lowest BCUT2D eigenvalue weighted by Gasteiger charge is -1.99. The summed E-state index contributed by atoms with van der Waals surface area (Å²) >= 11 is 12.0. The van der Waals surface area contributed by atoms with Gasteiger partial charge in [0.25, 0.3) is 0 Å². The monoisotopic (exact) mass is 346 g/mol. The Morgan fingerprint density at radius 3 is 2.39 bits per heavy atom. The molecule has 0 radical (unpaired) electrons. The second-order valence-electron chi connectivity index (χ2n) is 4.97. The van der Waals surface area contributed by atoms with Gasteiger partial charge in [0.2, 0.25) is 5.78 Å². The van der Waals surface area contributed by atoms with Crippen molar-refractivity contribution in [2.45, 2.75) is 6.92 Å². The molecule has 0 saturated carbocycles. The molecule has 3 nitrogen and oxygen atoms in total. The van der Waals surface area contributed by atoms with Crippen LogP contribution in [0, 0.1) is 6.92 Å². The smallest absolute Gasteiger partial charge is 0.221 e. The Balaban J connectivity index is 1.79. The fourth-order valence-corrected chi connectivity index (χ4v) is 2.63. The van der Waals surface area contributed by atoms with Crippen LogP contribution in [0.4, 0.5) is 0 Å². The first-order valence-corrected chi connectivity index (χ1v) is 7.62. The van der Waals surface area contributed by atoms with Gasteiger partial charge in [-0.2, -0.15) is 0 Å². The van der Waals surface area contributed by atoms with Crippen LogP contribution in [0.5, 0.6) is 0 Å². The van der Waals surface area contributed by atoms with Crippen molar-refractivity contribution >= 4 is 35.1 Å². The van der Waals surface area contributed by atoms with E-state index < -0.39 is 0 Å². The summed E-state index contributed by atoms with van der Waals surface area (Å²) in [6.45, 7) is 1.79. The van der Waals surface area contributed by atoms with Gasteiger partial charge in [-0.15, -0.1) is 0 Å². The molecule has 0 atom stereocenters. The van der Waals surface area contributed by atoms with Gasteiger partial charge in [0.05, 0.1) is 0 Å². The van der Waals surface area contributed by atoms with Gasteiger partial charge in [-0.3, -0.25) is 4.79 Å². The molecular formula is C18H12Cl2O3. The minimum Gasteiger partial charge on any atom is -0.458 e. The minimum absolute atomic E-state index is 0.221. The lowest BCUT2D eigenvalue weighted by atomic mass is 10.2. The van der Waals surface area contributed by atoms with Crippen molar-refractivity contribution in [1.82, 2.24) is 0 Å². The molecule has 0 saturated heterocycles. The molecule has 0 spiro atoms. The van der Waals surface area contributed by atoms with Crippen LogP contribution in [0.2, 0.25) is 10.0 Å². The number of rotatable bonds is 4. The summed E-state index contributed by atoms with van der Waals surface area (Å²) in [7, 11) is 0. The van der Waals surface area contributed by atoms with E-state index >= 15 is 0 Å². The summed E-state index contributed by atoms with van der Waals surface area (Å²) in [6, 6.07) is 12.1. The average molecular weight is 347 g/mol. The van der Waals surface area contributed by atoms with Crippen LogP contribution in [0.1, 0.15) is 22.1 Å². The van der Waals surface area contributed by atoms with Crippen LogP contribution >= 0.6 is 23.2 Å². The summed E-state index contributed by atoms with van der Waals surface area (Å²) in [6.07, 6.45) is 3.00. The molecule has 0 N–H and O–H groups in total. The number of hydrogen-bond donors (Lipinski definition) is 0. The van der Waals surface area contributed by atoms with Gasteiger partial charge >= 0.3 is 0 Å². The first kappa shape index (κ1) is 15.7.